The predicted molar refractivity (Wildman–Crippen MR) is 29.1 cm³/mol. The van der Waals surface area contributed by atoms with Crippen molar-refractivity contribution in [3.05, 3.63) is 0 Å². The number of hydrogen-bond acceptors (Lipinski definition) is 1. The van der Waals surface area contributed by atoms with Crippen LogP contribution in [0.3, 0.4) is 0 Å². The van der Waals surface area contributed by atoms with E-state index in [9.17, 15) is 0 Å². The number of rotatable bonds is 0. The average molecular weight is 328 g/mol. The van der Waals surface area contributed by atoms with E-state index in [1.165, 1.54) is 0 Å². The molecule has 0 aliphatic rings. The van der Waals surface area contributed by atoms with Crippen LogP contribution in [0, 0.1) is 0 Å². The fourth-order valence-electron chi connectivity index (χ4n) is 0. The Morgan fingerprint density at radius 2 is 1.25 bits per heavy atom. The number of hydrogen-bond donors (Lipinski definition) is 0. The molecule has 0 aliphatic carbocycles. The minimum Gasteiger partial charge on any atom is -0.247 e. The third-order valence-corrected chi connectivity index (χ3v) is 0. The molecule has 0 saturated heterocycles. The summed E-state index contributed by atoms with van der Waals surface area (Å²) in [6.07, 6.45) is 0. The summed E-state index contributed by atoms with van der Waals surface area (Å²) in [4.78, 5) is 0. The van der Waals surface area contributed by atoms with Crippen LogP contribution in [0.25, 0.3) is 0 Å². The summed E-state index contributed by atoms with van der Waals surface area (Å²) in [7, 11) is 0. The standard InChI is InChI=1S/I2O.Ni/c1-3-2;. The molecule has 0 aliphatic heterocycles. The van der Waals surface area contributed by atoms with Gasteiger partial charge in [0.2, 0.25) is 0 Å². The zero-order valence-electron chi connectivity index (χ0n) is 1.48. The van der Waals surface area contributed by atoms with Gasteiger partial charge in [0.25, 0.3) is 0 Å². The van der Waals surface area contributed by atoms with Gasteiger partial charge in [-0.05, 0) is 0 Å². The third-order valence-electron chi connectivity index (χ3n) is 0. The van der Waals surface area contributed by atoms with Gasteiger partial charge in [0.1, 0.15) is 46.0 Å². The van der Waals surface area contributed by atoms with Gasteiger partial charge < -0.3 is 0 Å². The first-order valence-corrected chi connectivity index (χ1v) is 2.07. The summed E-state index contributed by atoms with van der Waals surface area (Å²) in [5, 5.41) is 0. The van der Waals surface area contributed by atoms with Gasteiger partial charge in [0.05, 0.1) is 0 Å². The Balaban J connectivity index is 0. The van der Waals surface area contributed by atoms with Crippen molar-refractivity contribution in [2.24, 2.45) is 0 Å². The van der Waals surface area contributed by atoms with Crippen molar-refractivity contribution < 1.29 is 17.9 Å². The normalized spacial score (nSPS) is 4.50. The summed E-state index contributed by atoms with van der Waals surface area (Å²) in [5.74, 6) is 0. The van der Waals surface area contributed by atoms with Crippen LogP contribution in [0.1, 0.15) is 0 Å². The molecule has 0 spiro atoms. The molecule has 0 rings (SSSR count). The Hall–Kier alpha value is 1.91. The van der Waals surface area contributed by atoms with Crippen molar-refractivity contribution in [1.29, 1.82) is 0 Å². The van der Waals surface area contributed by atoms with Gasteiger partial charge in [0, 0.05) is 16.5 Å². The topological polar surface area (TPSA) is 9.23 Å². The summed E-state index contributed by atoms with van der Waals surface area (Å²) in [6.45, 7) is 0. The van der Waals surface area contributed by atoms with E-state index < -0.39 is 0 Å². The Labute approximate surface area is 63.2 Å². The average Bonchev–Trinajstić information content (AvgIpc) is 0.918. The molecule has 0 heterocycles. The summed E-state index contributed by atoms with van der Waals surface area (Å²) >= 11 is 3.55. The van der Waals surface area contributed by atoms with Gasteiger partial charge in [-0.2, -0.15) is 0 Å². The molecule has 0 unspecified atom stereocenters. The maximum atomic E-state index is 4.19. The smallest absolute Gasteiger partial charge is 0.124 e. The van der Waals surface area contributed by atoms with E-state index >= 15 is 0 Å². The first-order chi connectivity index (χ1) is 1.41. The van der Waals surface area contributed by atoms with Gasteiger partial charge in [0.15, 0.2) is 0 Å². The second kappa shape index (κ2) is 8.87. The van der Waals surface area contributed by atoms with Crippen LogP contribution in [0.15, 0.2) is 0 Å². The van der Waals surface area contributed by atoms with Gasteiger partial charge in [-0.15, -0.1) is 0 Å². The van der Waals surface area contributed by atoms with Gasteiger partial charge in [-0.25, -0.2) is 1.40 Å². The number of halogens is 2. The Morgan fingerprint density at radius 3 is 1.25 bits per heavy atom. The molecule has 0 aromatic rings. The van der Waals surface area contributed by atoms with E-state index in [-0.39, 0.29) is 16.5 Å². The Bertz CT molecular complexity index is 6.00. The summed E-state index contributed by atoms with van der Waals surface area (Å²) in [6, 6.07) is 0. The van der Waals surface area contributed by atoms with Crippen molar-refractivity contribution in [2.75, 3.05) is 0 Å². The minimum absolute atomic E-state index is 0. The fraction of sp³-hybridized carbons (Fsp3) is 0. The van der Waals surface area contributed by atoms with E-state index in [0.29, 0.717) is 0 Å². The molecule has 0 fully saturated rings. The molecule has 0 radical (unpaired) electrons. The van der Waals surface area contributed by atoms with Crippen LogP contribution in [0.2, 0.25) is 0 Å². The van der Waals surface area contributed by atoms with Crippen LogP contribution in [0.5, 0.6) is 0 Å². The first-order valence-electron chi connectivity index (χ1n) is 0.309. The van der Waals surface area contributed by atoms with Gasteiger partial charge >= 0.3 is 0 Å². The molecule has 0 saturated carbocycles. The first kappa shape index (κ1) is 9.32. The van der Waals surface area contributed by atoms with Crippen LogP contribution in [-0.2, 0) is 17.9 Å². The second-order valence-electron chi connectivity index (χ2n) is 0.0583. The van der Waals surface area contributed by atoms with E-state index in [0.717, 1.165) is 0 Å². The minimum atomic E-state index is 0. The van der Waals surface area contributed by atoms with Gasteiger partial charge in [-0.1, -0.05) is 0 Å². The SMILES string of the molecule is IOI.[Ni]. The molecule has 0 bridgehead atoms. The molecule has 0 aromatic carbocycles. The van der Waals surface area contributed by atoms with Crippen LogP contribution in [0.4, 0.5) is 0 Å². The summed E-state index contributed by atoms with van der Waals surface area (Å²) in [5.41, 5.74) is 0. The van der Waals surface area contributed by atoms with Crippen LogP contribution >= 0.6 is 46.0 Å². The van der Waals surface area contributed by atoms with Gasteiger partial charge in [-0.3, -0.25) is 0 Å². The fourth-order valence-corrected chi connectivity index (χ4v) is 0. The molecular weight excluding hydrogens is 328 g/mol. The van der Waals surface area contributed by atoms with E-state index in [1.807, 2.05) is 0 Å². The molecule has 4 heteroatoms. The maximum absolute atomic E-state index is 4.19. The maximum Gasteiger partial charge on any atom is 0.124 e. The van der Waals surface area contributed by atoms with Crippen LogP contribution < -0.4 is 0 Å². The molecule has 0 amide bonds. The quantitative estimate of drug-likeness (QED) is 0.486. The van der Waals surface area contributed by atoms with Crippen molar-refractivity contribution in [2.45, 2.75) is 0 Å². The zero-order valence-corrected chi connectivity index (χ0v) is 6.78. The molecule has 4 heavy (non-hydrogen) atoms. The molecule has 30 valence electrons. The van der Waals surface area contributed by atoms with Crippen LogP contribution in [-0.4, -0.2) is 0 Å². The monoisotopic (exact) mass is 328 g/mol. The predicted octanol–water partition coefficient (Wildman–Crippen LogP) is 1.70. The molecular formula is I2NiO. The molecule has 1 nitrogen and oxygen atoms in total. The molecule has 0 N–H and O–H groups in total. The molecule has 0 aromatic heterocycles. The summed E-state index contributed by atoms with van der Waals surface area (Å²) < 4.78 is 4.19. The largest absolute Gasteiger partial charge is 0.247 e. The van der Waals surface area contributed by atoms with E-state index in [1.54, 1.807) is 46.0 Å². The van der Waals surface area contributed by atoms with Crippen molar-refractivity contribution in [3.63, 3.8) is 0 Å². The van der Waals surface area contributed by atoms with E-state index in [4.69, 9.17) is 0 Å². The van der Waals surface area contributed by atoms with Crippen molar-refractivity contribution in [3.8, 4) is 0 Å². The zero-order chi connectivity index (χ0) is 2.71. The van der Waals surface area contributed by atoms with E-state index in [2.05, 4.69) is 1.40 Å². The van der Waals surface area contributed by atoms with Crippen molar-refractivity contribution >= 4 is 46.0 Å². The molecule has 0 atom stereocenters. The second-order valence-corrected chi connectivity index (χ2v) is 2.62. The third kappa shape index (κ3) is 9.07. The Kier molecular flexibility index (Phi) is 20.7. The Morgan fingerprint density at radius 1 is 1.25 bits per heavy atom. The van der Waals surface area contributed by atoms with Crippen molar-refractivity contribution in [1.82, 2.24) is 0 Å².